The molecular formula is C18H22F2N2O4. The van der Waals surface area contributed by atoms with Crippen LogP contribution in [0.4, 0.5) is 13.6 Å². The van der Waals surface area contributed by atoms with Gasteiger partial charge in [-0.05, 0) is 36.5 Å². The standard InChI is InChI=1S/C18H22F2N2O4/c1-11-5-3-4-8-18(11)15(23)22(17(24)21-18)10-12-6-7-13(26-16(19)20)14(9-12)25-2/h6-7,9,11,16H,3-5,8,10H2,1-2H3,(H,21,24)/t11-,18+/m0/s1. The van der Waals surface area contributed by atoms with Crippen molar-refractivity contribution in [3.63, 3.8) is 0 Å². The zero-order valence-electron chi connectivity index (χ0n) is 14.8. The number of nitrogens with one attached hydrogen (secondary N) is 1. The molecule has 3 amide bonds. The second kappa shape index (κ2) is 7.09. The third-order valence-corrected chi connectivity index (χ3v) is 5.29. The predicted molar refractivity (Wildman–Crippen MR) is 89.1 cm³/mol. The van der Waals surface area contributed by atoms with Crippen molar-refractivity contribution in [3.05, 3.63) is 23.8 Å². The van der Waals surface area contributed by atoms with Gasteiger partial charge in [0.15, 0.2) is 11.5 Å². The number of urea groups is 1. The van der Waals surface area contributed by atoms with Crippen LogP contribution in [-0.4, -0.2) is 36.1 Å². The van der Waals surface area contributed by atoms with Gasteiger partial charge in [0.1, 0.15) is 5.54 Å². The maximum absolute atomic E-state index is 13.0. The Bertz CT molecular complexity index is 712. The minimum absolute atomic E-state index is 0.0461. The average Bonchev–Trinajstić information content (AvgIpc) is 2.83. The molecule has 1 heterocycles. The molecule has 1 saturated carbocycles. The Kier molecular flexibility index (Phi) is 5.02. The first-order valence-corrected chi connectivity index (χ1v) is 8.63. The molecule has 8 heteroatoms. The summed E-state index contributed by atoms with van der Waals surface area (Å²) >= 11 is 0. The van der Waals surface area contributed by atoms with E-state index in [1.165, 1.54) is 30.2 Å². The van der Waals surface area contributed by atoms with E-state index in [-0.39, 0.29) is 29.9 Å². The maximum atomic E-state index is 13.0. The summed E-state index contributed by atoms with van der Waals surface area (Å²) in [5, 5.41) is 2.89. The number of imide groups is 1. The van der Waals surface area contributed by atoms with Gasteiger partial charge in [-0.15, -0.1) is 0 Å². The van der Waals surface area contributed by atoms with Crippen molar-refractivity contribution >= 4 is 11.9 Å². The largest absolute Gasteiger partial charge is 0.493 e. The van der Waals surface area contributed by atoms with Gasteiger partial charge in [-0.2, -0.15) is 8.78 Å². The Labute approximate surface area is 150 Å². The molecule has 1 aromatic rings. The maximum Gasteiger partial charge on any atom is 0.387 e. The first-order chi connectivity index (χ1) is 12.4. The highest BCUT2D eigenvalue weighted by Crippen LogP contribution is 2.39. The van der Waals surface area contributed by atoms with Gasteiger partial charge in [0.2, 0.25) is 0 Å². The van der Waals surface area contributed by atoms with E-state index in [1.807, 2.05) is 6.92 Å². The lowest BCUT2D eigenvalue weighted by Crippen LogP contribution is -2.53. The van der Waals surface area contributed by atoms with Crippen LogP contribution in [0.5, 0.6) is 11.5 Å². The van der Waals surface area contributed by atoms with E-state index in [0.717, 1.165) is 19.3 Å². The molecule has 1 spiro atoms. The van der Waals surface area contributed by atoms with Crippen molar-refractivity contribution in [2.75, 3.05) is 7.11 Å². The smallest absolute Gasteiger partial charge is 0.387 e. The molecule has 142 valence electrons. The van der Waals surface area contributed by atoms with Crippen molar-refractivity contribution in [2.24, 2.45) is 5.92 Å². The molecule has 0 aromatic heterocycles. The highest BCUT2D eigenvalue weighted by atomic mass is 19.3. The predicted octanol–water partition coefficient (Wildman–Crippen LogP) is 3.30. The Morgan fingerprint density at radius 1 is 1.31 bits per heavy atom. The van der Waals surface area contributed by atoms with E-state index in [0.29, 0.717) is 12.0 Å². The molecule has 2 aliphatic rings. The molecule has 3 rings (SSSR count). The minimum atomic E-state index is -2.96. The SMILES string of the molecule is COc1cc(CN2C(=O)N[C@@]3(CCCC[C@@H]3C)C2=O)ccc1OC(F)F. The number of carbonyl (C=O) groups is 2. The second-order valence-electron chi connectivity index (χ2n) is 6.80. The molecule has 2 atom stereocenters. The number of hydrogen-bond acceptors (Lipinski definition) is 4. The Morgan fingerprint density at radius 2 is 2.08 bits per heavy atom. The van der Waals surface area contributed by atoms with Crippen LogP contribution in [0.3, 0.4) is 0 Å². The number of nitrogens with zero attached hydrogens (tertiary/aromatic N) is 1. The molecule has 0 unspecified atom stereocenters. The summed E-state index contributed by atoms with van der Waals surface area (Å²) < 4.78 is 34.3. The lowest BCUT2D eigenvalue weighted by molar-refractivity contribution is -0.134. The Balaban J connectivity index is 1.80. The Morgan fingerprint density at radius 3 is 2.73 bits per heavy atom. The minimum Gasteiger partial charge on any atom is -0.493 e. The topological polar surface area (TPSA) is 67.9 Å². The summed E-state index contributed by atoms with van der Waals surface area (Å²) in [6.45, 7) is -0.932. The third-order valence-electron chi connectivity index (χ3n) is 5.29. The van der Waals surface area contributed by atoms with Gasteiger partial charge < -0.3 is 14.8 Å². The van der Waals surface area contributed by atoms with E-state index in [4.69, 9.17) is 4.74 Å². The number of halogens is 2. The lowest BCUT2D eigenvalue weighted by Gasteiger charge is -2.36. The van der Waals surface area contributed by atoms with Gasteiger partial charge in [-0.25, -0.2) is 4.79 Å². The third kappa shape index (κ3) is 3.20. The van der Waals surface area contributed by atoms with E-state index < -0.39 is 18.2 Å². The van der Waals surface area contributed by atoms with Crippen LogP contribution in [-0.2, 0) is 11.3 Å². The number of amides is 3. The van der Waals surface area contributed by atoms with Crippen LogP contribution in [0.15, 0.2) is 18.2 Å². The zero-order valence-corrected chi connectivity index (χ0v) is 14.8. The second-order valence-corrected chi connectivity index (χ2v) is 6.80. The molecule has 0 bridgehead atoms. The van der Waals surface area contributed by atoms with Gasteiger partial charge in [-0.1, -0.05) is 25.8 Å². The van der Waals surface area contributed by atoms with E-state index >= 15 is 0 Å². The zero-order chi connectivity index (χ0) is 18.9. The number of benzene rings is 1. The lowest BCUT2D eigenvalue weighted by atomic mass is 9.73. The van der Waals surface area contributed by atoms with Crippen LogP contribution < -0.4 is 14.8 Å². The van der Waals surface area contributed by atoms with E-state index in [1.54, 1.807) is 0 Å². The molecule has 1 saturated heterocycles. The molecular weight excluding hydrogens is 346 g/mol. The van der Waals surface area contributed by atoms with Crippen molar-refractivity contribution in [1.29, 1.82) is 0 Å². The van der Waals surface area contributed by atoms with Gasteiger partial charge in [-0.3, -0.25) is 9.69 Å². The van der Waals surface area contributed by atoms with Crippen molar-refractivity contribution in [3.8, 4) is 11.5 Å². The van der Waals surface area contributed by atoms with Gasteiger partial charge in [0, 0.05) is 0 Å². The molecule has 6 nitrogen and oxygen atoms in total. The quantitative estimate of drug-likeness (QED) is 0.810. The molecule has 1 aliphatic carbocycles. The van der Waals surface area contributed by atoms with Crippen LogP contribution >= 0.6 is 0 Å². The number of rotatable bonds is 5. The van der Waals surface area contributed by atoms with E-state index in [9.17, 15) is 18.4 Å². The summed E-state index contributed by atoms with van der Waals surface area (Å²) in [4.78, 5) is 26.6. The van der Waals surface area contributed by atoms with Gasteiger partial charge >= 0.3 is 12.6 Å². The molecule has 0 radical (unpaired) electrons. The number of hydrogen-bond donors (Lipinski definition) is 1. The fourth-order valence-corrected chi connectivity index (χ4v) is 3.83. The number of methoxy groups -OCH3 is 1. The van der Waals surface area contributed by atoms with Crippen molar-refractivity contribution in [1.82, 2.24) is 10.2 Å². The number of alkyl halides is 2. The Hall–Kier alpha value is -2.38. The van der Waals surface area contributed by atoms with Crippen LogP contribution in [0.25, 0.3) is 0 Å². The fourth-order valence-electron chi connectivity index (χ4n) is 3.83. The van der Waals surface area contributed by atoms with Crippen molar-refractivity contribution < 1.29 is 27.8 Å². The number of carbonyl (C=O) groups excluding carboxylic acids is 2. The summed E-state index contributed by atoms with van der Waals surface area (Å²) in [5.41, 5.74) is -0.231. The van der Waals surface area contributed by atoms with Crippen LogP contribution in [0, 0.1) is 5.92 Å². The first kappa shape index (κ1) is 18.4. The van der Waals surface area contributed by atoms with E-state index in [2.05, 4.69) is 10.1 Å². The van der Waals surface area contributed by atoms with Gasteiger partial charge in [0.25, 0.3) is 5.91 Å². The fraction of sp³-hybridized carbons (Fsp3) is 0.556. The first-order valence-electron chi connectivity index (χ1n) is 8.63. The molecule has 1 aromatic carbocycles. The summed E-state index contributed by atoms with van der Waals surface area (Å²) in [7, 11) is 1.34. The van der Waals surface area contributed by atoms with Gasteiger partial charge in [0.05, 0.1) is 13.7 Å². The van der Waals surface area contributed by atoms with Crippen LogP contribution in [0.1, 0.15) is 38.2 Å². The average molecular weight is 368 g/mol. The summed E-state index contributed by atoms with van der Waals surface area (Å²) in [5.74, 6) is -0.118. The normalized spacial score (nSPS) is 25.7. The molecule has 26 heavy (non-hydrogen) atoms. The molecule has 2 fully saturated rings. The highest BCUT2D eigenvalue weighted by Gasteiger charge is 2.54. The molecule has 1 aliphatic heterocycles. The molecule has 1 N–H and O–H groups in total. The monoisotopic (exact) mass is 368 g/mol. The van der Waals surface area contributed by atoms with Crippen LogP contribution in [0.2, 0.25) is 0 Å². The number of ether oxygens (including phenoxy) is 2. The van der Waals surface area contributed by atoms with Crippen molar-refractivity contribution in [2.45, 2.75) is 51.3 Å². The highest BCUT2D eigenvalue weighted by molar-refractivity contribution is 6.07. The summed E-state index contributed by atoms with van der Waals surface area (Å²) in [6, 6.07) is 3.96. The summed E-state index contributed by atoms with van der Waals surface area (Å²) in [6.07, 6.45) is 3.49.